The average Bonchev–Trinajstić information content (AvgIpc) is 3.39. The molecule has 8 nitrogen and oxygen atoms in total. The van der Waals surface area contributed by atoms with Crippen molar-refractivity contribution < 1.29 is 28.9 Å². The smallest absolute Gasteiger partial charge is 0.223 e. The van der Waals surface area contributed by atoms with Crippen LogP contribution < -0.4 is 20.1 Å². The van der Waals surface area contributed by atoms with Crippen molar-refractivity contribution >= 4 is 11.8 Å². The second-order valence-corrected chi connectivity index (χ2v) is 12.9. The molecule has 1 aliphatic carbocycles. The van der Waals surface area contributed by atoms with E-state index in [1.807, 2.05) is 19.9 Å². The zero-order valence-corrected chi connectivity index (χ0v) is 27.3. The van der Waals surface area contributed by atoms with Crippen LogP contribution in [0.3, 0.4) is 0 Å². The number of aliphatic hydroxyl groups excluding tert-OH is 1. The highest BCUT2D eigenvalue weighted by Crippen LogP contribution is 2.33. The van der Waals surface area contributed by atoms with E-state index in [0.717, 1.165) is 62.9 Å². The predicted octanol–water partition coefficient (Wildman–Crippen LogP) is 5.68. The fourth-order valence-corrected chi connectivity index (χ4v) is 6.24. The molecule has 0 saturated heterocycles. The SMILES string of the molecule is COCCCOc1cc(CC(CC[C@@H](O)CC(C(=O)NCCC2(NC(C)=O)CCCC2)C(C)C)C(C)C)ccc1OC. The Morgan fingerprint density at radius 1 is 1.00 bits per heavy atom. The molecule has 8 heteroatoms. The van der Waals surface area contributed by atoms with Crippen molar-refractivity contribution in [2.75, 3.05) is 34.0 Å². The van der Waals surface area contributed by atoms with Crippen LogP contribution in [0.25, 0.3) is 0 Å². The first-order valence-corrected chi connectivity index (χ1v) is 16.0. The minimum Gasteiger partial charge on any atom is -0.493 e. The van der Waals surface area contributed by atoms with E-state index in [4.69, 9.17) is 14.2 Å². The van der Waals surface area contributed by atoms with Gasteiger partial charge >= 0.3 is 0 Å². The van der Waals surface area contributed by atoms with E-state index in [1.165, 1.54) is 5.56 Å². The molecular formula is C34H58N2O6. The van der Waals surface area contributed by atoms with Crippen molar-refractivity contribution in [2.24, 2.45) is 23.7 Å². The third kappa shape index (κ3) is 12.1. The molecule has 3 N–H and O–H groups in total. The molecular weight excluding hydrogens is 532 g/mol. The molecule has 0 bridgehead atoms. The molecule has 3 atom stereocenters. The number of hydrogen-bond donors (Lipinski definition) is 3. The van der Waals surface area contributed by atoms with Crippen LogP contribution >= 0.6 is 0 Å². The summed E-state index contributed by atoms with van der Waals surface area (Å²) in [7, 11) is 3.34. The third-order valence-electron chi connectivity index (χ3n) is 8.86. The maximum Gasteiger partial charge on any atom is 0.223 e. The van der Waals surface area contributed by atoms with Crippen LogP contribution in [-0.2, 0) is 20.7 Å². The number of benzene rings is 1. The predicted molar refractivity (Wildman–Crippen MR) is 168 cm³/mol. The van der Waals surface area contributed by atoms with E-state index < -0.39 is 6.10 Å². The van der Waals surface area contributed by atoms with Crippen LogP contribution in [0.2, 0.25) is 0 Å². The number of ether oxygens (including phenoxy) is 3. The standard InChI is InChI=1S/C34H58N2O6/c1-24(2)28(21-27-11-14-31(41-7)32(22-27)42-20-10-19-40-6)12-13-29(38)23-30(25(3)4)33(39)35-18-17-34(36-26(5)37)15-8-9-16-34/h11,14,22,24-25,28-30,38H,8-10,12-13,15-21,23H2,1-7H3,(H,35,39)(H,36,37)/t28?,29-,30?/m1/s1. The Labute approximate surface area is 254 Å². The second kappa shape index (κ2) is 18.4. The molecule has 1 saturated carbocycles. The van der Waals surface area contributed by atoms with Crippen LogP contribution in [-0.4, -0.2) is 62.5 Å². The van der Waals surface area contributed by atoms with Crippen LogP contribution in [0, 0.1) is 23.7 Å². The van der Waals surface area contributed by atoms with Gasteiger partial charge in [0.2, 0.25) is 11.8 Å². The van der Waals surface area contributed by atoms with Gasteiger partial charge in [-0.1, -0.05) is 46.6 Å². The second-order valence-electron chi connectivity index (χ2n) is 12.9. The molecule has 0 aliphatic heterocycles. The zero-order valence-electron chi connectivity index (χ0n) is 27.3. The molecule has 1 fully saturated rings. The summed E-state index contributed by atoms with van der Waals surface area (Å²) >= 11 is 0. The van der Waals surface area contributed by atoms with Gasteiger partial charge in [-0.15, -0.1) is 0 Å². The van der Waals surface area contributed by atoms with Crippen molar-refractivity contribution in [1.82, 2.24) is 10.6 Å². The van der Waals surface area contributed by atoms with Crippen molar-refractivity contribution in [1.29, 1.82) is 0 Å². The molecule has 0 spiro atoms. The summed E-state index contributed by atoms with van der Waals surface area (Å²) in [5.74, 6) is 2.16. The number of aliphatic hydroxyl groups is 1. The number of hydrogen-bond acceptors (Lipinski definition) is 6. The minimum atomic E-state index is -0.541. The maximum absolute atomic E-state index is 13.2. The minimum absolute atomic E-state index is 0.00306. The van der Waals surface area contributed by atoms with E-state index in [-0.39, 0.29) is 29.2 Å². The fraction of sp³-hybridized carbons (Fsp3) is 0.765. The van der Waals surface area contributed by atoms with Gasteiger partial charge in [0.25, 0.3) is 0 Å². The van der Waals surface area contributed by atoms with E-state index in [2.05, 4.69) is 36.6 Å². The first-order chi connectivity index (χ1) is 20.0. The number of amides is 2. The monoisotopic (exact) mass is 590 g/mol. The van der Waals surface area contributed by atoms with E-state index in [1.54, 1.807) is 21.1 Å². The Morgan fingerprint density at radius 3 is 2.31 bits per heavy atom. The molecule has 1 aromatic rings. The lowest BCUT2D eigenvalue weighted by Crippen LogP contribution is -2.48. The fourth-order valence-electron chi connectivity index (χ4n) is 6.24. The average molecular weight is 591 g/mol. The Hall–Kier alpha value is -2.32. The van der Waals surface area contributed by atoms with Gasteiger partial charge in [-0.3, -0.25) is 9.59 Å². The van der Waals surface area contributed by atoms with Crippen LogP contribution in [0.5, 0.6) is 11.5 Å². The Kier molecular flexibility index (Phi) is 15.7. The quantitative estimate of drug-likeness (QED) is 0.169. The van der Waals surface area contributed by atoms with Crippen molar-refractivity contribution in [3.8, 4) is 11.5 Å². The van der Waals surface area contributed by atoms with E-state index in [9.17, 15) is 14.7 Å². The molecule has 240 valence electrons. The molecule has 42 heavy (non-hydrogen) atoms. The Morgan fingerprint density at radius 2 is 1.71 bits per heavy atom. The maximum atomic E-state index is 13.2. The highest BCUT2D eigenvalue weighted by atomic mass is 16.5. The van der Waals surface area contributed by atoms with Gasteiger partial charge in [0.1, 0.15) is 0 Å². The third-order valence-corrected chi connectivity index (χ3v) is 8.86. The summed E-state index contributed by atoms with van der Waals surface area (Å²) in [5.41, 5.74) is 0.989. The van der Waals surface area contributed by atoms with Crippen LogP contribution in [0.4, 0.5) is 0 Å². The molecule has 2 rings (SSSR count). The number of carbonyl (C=O) groups excluding carboxylic acids is 2. The summed E-state index contributed by atoms with van der Waals surface area (Å²) in [6, 6.07) is 6.12. The zero-order chi connectivity index (χ0) is 31.1. The summed E-state index contributed by atoms with van der Waals surface area (Å²) < 4.78 is 16.6. The highest BCUT2D eigenvalue weighted by Gasteiger charge is 2.34. The summed E-state index contributed by atoms with van der Waals surface area (Å²) in [4.78, 5) is 24.9. The lowest BCUT2D eigenvalue weighted by molar-refractivity contribution is -0.127. The lowest BCUT2D eigenvalue weighted by Gasteiger charge is -2.31. The number of nitrogens with one attached hydrogen (secondary N) is 2. The topological polar surface area (TPSA) is 106 Å². The van der Waals surface area contributed by atoms with Gasteiger partial charge in [-0.2, -0.15) is 0 Å². The largest absolute Gasteiger partial charge is 0.493 e. The highest BCUT2D eigenvalue weighted by molar-refractivity contribution is 5.79. The molecule has 0 radical (unpaired) electrons. The summed E-state index contributed by atoms with van der Waals surface area (Å²) in [5, 5.41) is 17.3. The van der Waals surface area contributed by atoms with Crippen molar-refractivity contribution in [3.63, 3.8) is 0 Å². The first kappa shape index (κ1) is 35.9. The van der Waals surface area contributed by atoms with Crippen LogP contribution in [0.15, 0.2) is 18.2 Å². The van der Waals surface area contributed by atoms with Gasteiger partial charge in [-0.05, 0) is 80.4 Å². The summed E-state index contributed by atoms with van der Waals surface area (Å²) in [6.45, 7) is 11.9. The molecule has 2 unspecified atom stereocenters. The Bertz CT molecular complexity index is 944. The van der Waals surface area contributed by atoms with Gasteiger partial charge in [0.05, 0.1) is 19.8 Å². The van der Waals surface area contributed by atoms with Crippen LogP contribution in [0.1, 0.15) is 98.0 Å². The van der Waals surface area contributed by atoms with Crippen molar-refractivity contribution in [3.05, 3.63) is 23.8 Å². The van der Waals surface area contributed by atoms with Crippen molar-refractivity contribution in [2.45, 2.75) is 110 Å². The first-order valence-electron chi connectivity index (χ1n) is 16.0. The number of carbonyl (C=O) groups is 2. The molecule has 1 aliphatic rings. The molecule has 0 aromatic heterocycles. The van der Waals surface area contributed by atoms with Gasteiger partial charge in [0.15, 0.2) is 11.5 Å². The van der Waals surface area contributed by atoms with Gasteiger partial charge < -0.3 is 30.0 Å². The van der Waals surface area contributed by atoms with Gasteiger partial charge in [-0.25, -0.2) is 0 Å². The molecule has 1 aromatic carbocycles. The molecule has 2 amide bonds. The normalized spacial score (nSPS) is 16.7. The Balaban J connectivity index is 1.91. The van der Waals surface area contributed by atoms with E-state index in [0.29, 0.717) is 44.4 Å². The molecule has 0 heterocycles. The van der Waals surface area contributed by atoms with Gasteiger partial charge in [0, 0.05) is 45.1 Å². The number of methoxy groups -OCH3 is 2. The number of rotatable bonds is 20. The lowest BCUT2D eigenvalue weighted by atomic mass is 9.82. The van der Waals surface area contributed by atoms with E-state index >= 15 is 0 Å². The summed E-state index contributed by atoms with van der Waals surface area (Å²) in [6.07, 6.45) is 8.01.